The van der Waals surface area contributed by atoms with Gasteiger partial charge in [0, 0.05) is 23.6 Å². The zero-order chi connectivity index (χ0) is 20.2. The van der Waals surface area contributed by atoms with Gasteiger partial charge < -0.3 is 10.2 Å². The zero-order valence-electron chi connectivity index (χ0n) is 15.8. The summed E-state index contributed by atoms with van der Waals surface area (Å²) in [6, 6.07) is 25.7. The Bertz CT molecular complexity index is 968. The summed E-state index contributed by atoms with van der Waals surface area (Å²) >= 11 is 6.39. The van der Waals surface area contributed by atoms with Crippen LogP contribution in [0.25, 0.3) is 0 Å². The van der Waals surface area contributed by atoms with E-state index < -0.39 is 6.04 Å². The molecule has 4 rings (SSSR count). The van der Waals surface area contributed by atoms with Crippen LogP contribution >= 0.6 is 11.6 Å². The molecule has 0 radical (unpaired) electrons. The first-order valence-corrected chi connectivity index (χ1v) is 9.97. The number of rotatable bonds is 6. The number of nitrogens with zero attached hydrogens (tertiary/aromatic N) is 1. The maximum absolute atomic E-state index is 13.5. The summed E-state index contributed by atoms with van der Waals surface area (Å²) < 4.78 is 0. The molecule has 1 saturated heterocycles. The van der Waals surface area contributed by atoms with Crippen LogP contribution in [0.15, 0.2) is 84.9 Å². The van der Waals surface area contributed by atoms with E-state index >= 15 is 0 Å². The monoisotopic (exact) mass is 404 g/mol. The molecule has 1 N–H and O–H groups in total. The van der Waals surface area contributed by atoms with Crippen LogP contribution in [-0.4, -0.2) is 23.3 Å². The van der Waals surface area contributed by atoms with Crippen molar-refractivity contribution in [3.8, 4) is 0 Å². The highest BCUT2D eigenvalue weighted by Crippen LogP contribution is 2.33. The highest BCUT2D eigenvalue weighted by molar-refractivity contribution is 6.31. The molecule has 2 amide bonds. The van der Waals surface area contributed by atoms with Crippen LogP contribution in [-0.2, 0) is 9.59 Å². The van der Waals surface area contributed by atoms with Crippen LogP contribution in [0.2, 0.25) is 5.02 Å². The van der Waals surface area contributed by atoms with Gasteiger partial charge in [0.05, 0.1) is 6.04 Å². The van der Waals surface area contributed by atoms with Crippen molar-refractivity contribution >= 4 is 23.4 Å². The van der Waals surface area contributed by atoms with Gasteiger partial charge in [-0.2, -0.15) is 0 Å². The van der Waals surface area contributed by atoms with Gasteiger partial charge in [-0.1, -0.05) is 90.5 Å². The normalized spacial score (nSPS) is 14.4. The molecule has 0 saturated carbocycles. The summed E-state index contributed by atoms with van der Waals surface area (Å²) in [7, 11) is 0. The fourth-order valence-corrected chi connectivity index (χ4v) is 3.86. The second kappa shape index (κ2) is 8.50. The molecule has 0 aliphatic carbocycles. The number of benzene rings is 3. The van der Waals surface area contributed by atoms with Gasteiger partial charge in [0.25, 0.3) is 0 Å². The average Bonchev–Trinajstić information content (AvgIpc) is 2.76. The number of β-lactam (4-membered cyclic amide) rings is 1. The van der Waals surface area contributed by atoms with Crippen LogP contribution in [0.4, 0.5) is 0 Å². The quantitative estimate of drug-likeness (QED) is 0.614. The van der Waals surface area contributed by atoms with E-state index in [1.54, 1.807) is 17.0 Å². The number of likely N-dealkylation sites (tertiary alicyclic amines) is 1. The van der Waals surface area contributed by atoms with Crippen LogP contribution in [0, 0.1) is 0 Å². The van der Waals surface area contributed by atoms with E-state index in [2.05, 4.69) is 5.32 Å². The van der Waals surface area contributed by atoms with Crippen molar-refractivity contribution < 1.29 is 9.59 Å². The number of halogens is 1. The van der Waals surface area contributed by atoms with Gasteiger partial charge in [0.1, 0.15) is 6.04 Å². The second-order valence-corrected chi connectivity index (χ2v) is 7.43. The fraction of sp³-hybridized carbons (Fsp3) is 0.167. The number of hydrogen-bond donors (Lipinski definition) is 1. The Morgan fingerprint density at radius 2 is 1.41 bits per heavy atom. The molecule has 1 aliphatic heterocycles. The standard InChI is InChI=1S/C24H21ClN2O2/c25-20-14-8-7-13-19(20)23(27-16-15-21(27)28)24(29)26-22(17-9-3-1-4-10-17)18-11-5-2-6-12-18/h1-14,22-23H,15-16H2,(H,26,29)/t23-/m0/s1. The van der Waals surface area contributed by atoms with Crippen molar-refractivity contribution in [1.29, 1.82) is 0 Å². The fourth-order valence-electron chi connectivity index (χ4n) is 3.62. The summed E-state index contributed by atoms with van der Waals surface area (Å²) in [4.78, 5) is 27.2. The molecule has 4 nitrogen and oxygen atoms in total. The van der Waals surface area contributed by atoms with Gasteiger partial charge in [-0.3, -0.25) is 9.59 Å². The summed E-state index contributed by atoms with van der Waals surface area (Å²) in [6.45, 7) is 0.545. The summed E-state index contributed by atoms with van der Waals surface area (Å²) in [5.41, 5.74) is 2.58. The molecular formula is C24H21ClN2O2. The lowest BCUT2D eigenvalue weighted by Gasteiger charge is -2.38. The van der Waals surface area contributed by atoms with Gasteiger partial charge in [0.2, 0.25) is 11.8 Å². The highest BCUT2D eigenvalue weighted by Gasteiger charge is 2.38. The summed E-state index contributed by atoms with van der Waals surface area (Å²) in [5, 5.41) is 3.63. The molecule has 0 bridgehead atoms. The third kappa shape index (κ3) is 4.03. The Morgan fingerprint density at radius 1 is 0.862 bits per heavy atom. The highest BCUT2D eigenvalue weighted by atomic mass is 35.5. The Kier molecular flexibility index (Phi) is 5.63. The molecule has 1 fully saturated rings. The van der Waals surface area contributed by atoms with Crippen LogP contribution in [0.1, 0.15) is 35.2 Å². The third-order valence-corrected chi connectivity index (χ3v) is 5.54. The molecule has 29 heavy (non-hydrogen) atoms. The van der Waals surface area contributed by atoms with E-state index in [0.29, 0.717) is 23.6 Å². The van der Waals surface area contributed by atoms with E-state index in [0.717, 1.165) is 11.1 Å². The lowest BCUT2D eigenvalue weighted by Crippen LogP contribution is -2.51. The van der Waals surface area contributed by atoms with E-state index in [1.165, 1.54) is 0 Å². The lowest BCUT2D eigenvalue weighted by molar-refractivity contribution is -0.149. The first kappa shape index (κ1) is 19.2. The van der Waals surface area contributed by atoms with Crippen molar-refractivity contribution in [3.63, 3.8) is 0 Å². The van der Waals surface area contributed by atoms with E-state index in [4.69, 9.17) is 11.6 Å². The first-order valence-electron chi connectivity index (χ1n) is 9.59. The molecule has 0 unspecified atom stereocenters. The molecule has 1 aliphatic rings. The molecule has 146 valence electrons. The van der Waals surface area contributed by atoms with E-state index in [-0.39, 0.29) is 17.9 Å². The van der Waals surface area contributed by atoms with Crippen LogP contribution in [0.3, 0.4) is 0 Å². The molecule has 1 atom stereocenters. The number of hydrogen-bond acceptors (Lipinski definition) is 2. The lowest BCUT2D eigenvalue weighted by atomic mass is 9.96. The van der Waals surface area contributed by atoms with E-state index in [1.807, 2.05) is 72.8 Å². The third-order valence-electron chi connectivity index (χ3n) is 5.20. The molecule has 5 heteroatoms. The van der Waals surface area contributed by atoms with Crippen molar-refractivity contribution in [2.24, 2.45) is 0 Å². The number of amides is 2. The molecule has 0 aromatic heterocycles. The first-order chi connectivity index (χ1) is 14.1. The van der Waals surface area contributed by atoms with Gasteiger partial charge in [-0.25, -0.2) is 0 Å². The van der Waals surface area contributed by atoms with Gasteiger partial charge in [-0.15, -0.1) is 0 Å². The Hall–Kier alpha value is -3.11. The number of carbonyl (C=O) groups is 2. The van der Waals surface area contributed by atoms with Crippen molar-refractivity contribution in [3.05, 3.63) is 107 Å². The molecule has 3 aromatic carbocycles. The van der Waals surface area contributed by atoms with Crippen LogP contribution < -0.4 is 5.32 Å². The van der Waals surface area contributed by atoms with Crippen molar-refractivity contribution in [2.75, 3.05) is 6.54 Å². The van der Waals surface area contributed by atoms with E-state index in [9.17, 15) is 9.59 Å². The maximum Gasteiger partial charge on any atom is 0.248 e. The van der Waals surface area contributed by atoms with Crippen molar-refractivity contribution in [2.45, 2.75) is 18.5 Å². The minimum Gasteiger partial charge on any atom is -0.343 e. The molecular weight excluding hydrogens is 384 g/mol. The number of nitrogens with one attached hydrogen (secondary N) is 1. The van der Waals surface area contributed by atoms with Gasteiger partial charge in [-0.05, 0) is 17.2 Å². The summed E-state index contributed by atoms with van der Waals surface area (Å²) in [5.74, 6) is -0.287. The van der Waals surface area contributed by atoms with Gasteiger partial charge in [0.15, 0.2) is 0 Å². The summed E-state index contributed by atoms with van der Waals surface area (Å²) in [6.07, 6.45) is 0.453. The number of carbonyl (C=O) groups excluding carboxylic acids is 2. The Labute approximate surface area is 175 Å². The SMILES string of the molecule is O=C(NC(c1ccccc1)c1ccccc1)[C@H](c1ccccc1Cl)N1CCC1=O. The topological polar surface area (TPSA) is 49.4 Å². The zero-order valence-corrected chi connectivity index (χ0v) is 16.5. The molecule has 3 aromatic rings. The van der Waals surface area contributed by atoms with Gasteiger partial charge >= 0.3 is 0 Å². The molecule has 1 heterocycles. The largest absolute Gasteiger partial charge is 0.343 e. The van der Waals surface area contributed by atoms with Crippen molar-refractivity contribution in [1.82, 2.24) is 10.2 Å². The smallest absolute Gasteiger partial charge is 0.248 e. The average molecular weight is 405 g/mol. The Balaban J connectivity index is 1.69. The molecule has 0 spiro atoms. The predicted octanol–water partition coefficient (Wildman–Crippen LogP) is 4.52. The Morgan fingerprint density at radius 3 is 1.90 bits per heavy atom. The minimum absolute atomic E-state index is 0.0407. The predicted molar refractivity (Wildman–Crippen MR) is 113 cm³/mol. The maximum atomic E-state index is 13.5. The van der Waals surface area contributed by atoms with Crippen LogP contribution in [0.5, 0.6) is 0 Å². The minimum atomic E-state index is -0.750. The second-order valence-electron chi connectivity index (χ2n) is 7.02.